The molecule has 1 aromatic rings. The summed E-state index contributed by atoms with van der Waals surface area (Å²) in [5.74, 6) is 0.652. The Morgan fingerprint density at radius 1 is 1.64 bits per heavy atom. The van der Waals surface area contributed by atoms with Gasteiger partial charge >= 0.3 is 0 Å². The highest BCUT2D eigenvalue weighted by atomic mass is 16.1. The number of nitrogens with two attached hydrogens (primary N) is 1. The number of hydrogen-bond acceptors (Lipinski definition) is 4. The topological polar surface area (TPSA) is 80.9 Å². The summed E-state index contributed by atoms with van der Waals surface area (Å²) < 4.78 is 0. The van der Waals surface area contributed by atoms with E-state index in [2.05, 4.69) is 15.3 Å². The van der Waals surface area contributed by atoms with Crippen molar-refractivity contribution in [1.29, 1.82) is 0 Å². The zero-order valence-electron chi connectivity index (χ0n) is 8.16. The Kier molecular flexibility index (Phi) is 4.00. The number of nitrogens with zero attached hydrogens (tertiary/aromatic N) is 2. The maximum atomic E-state index is 11.1. The van der Waals surface area contributed by atoms with Gasteiger partial charge in [0.25, 0.3) is 0 Å². The highest BCUT2D eigenvalue weighted by Crippen LogP contribution is 1.93. The lowest BCUT2D eigenvalue weighted by Crippen LogP contribution is -2.25. The third-order valence-electron chi connectivity index (χ3n) is 1.67. The van der Waals surface area contributed by atoms with E-state index < -0.39 is 0 Å². The third-order valence-corrected chi connectivity index (χ3v) is 1.67. The molecule has 0 bridgehead atoms. The van der Waals surface area contributed by atoms with Gasteiger partial charge in [-0.15, -0.1) is 0 Å². The first-order valence-corrected chi connectivity index (χ1v) is 4.47. The van der Waals surface area contributed by atoms with Crippen LogP contribution in [0.5, 0.6) is 0 Å². The Morgan fingerprint density at radius 3 is 3.07 bits per heavy atom. The summed E-state index contributed by atoms with van der Waals surface area (Å²) in [5, 5.41) is 2.72. The van der Waals surface area contributed by atoms with E-state index >= 15 is 0 Å². The van der Waals surface area contributed by atoms with Crippen LogP contribution in [0.1, 0.15) is 17.9 Å². The third kappa shape index (κ3) is 3.49. The van der Waals surface area contributed by atoms with Crippen molar-refractivity contribution in [3.8, 4) is 0 Å². The Bertz CT molecular complexity index is 313. The highest BCUT2D eigenvalue weighted by Gasteiger charge is 2.00. The first kappa shape index (κ1) is 10.6. The van der Waals surface area contributed by atoms with E-state index in [4.69, 9.17) is 5.73 Å². The van der Waals surface area contributed by atoms with E-state index in [1.54, 1.807) is 12.3 Å². The monoisotopic (exact) mass is 194 g/mol. The summed E-state index contributed by atoms with van der Waals surface area (Å²) >= 11 is 0. The second-order valence-electron chi connectivity index (χ2n) is 2.91. The molecule has 1 rings (SSSR count). The summed E-state index contributed by atoms with van der Waals surface area (Å²) in [4.78, 5) is 19.2. The van der Waals surface area contributed by atoms with Crippen molar-refractivity contribution in [1.82, 2.24) is 15.3 Å². The molecule has 0 aromatic carbocycles. The number of rotatable bonds is 4. The Morgan fingerprint density at radius 2 is 2.43 bits per heavy atom. The molecule has 76 valence electrons. The average Bonchev–Trinajstić information content (AvgIpc) is 2.15. The van der Waals surface area contributed by atoms with Gasteiger partial charge < -0.3 is 11.1 Å². The quantitative estimate of drug-likeness (QED) is 0.692. The molecule has 0 atom stereocenters. The van der Waals surface area contributed by atoms with Crippen molar-refractivity contribution < 1.29 is 4.79 Å². The molecule has 0 unspecified atom stereocenters. The van der Waals surface area contributed by atoms with Gasteiger partial charge in [0.05, 0.1) is 12.2 Å². The molecule has 5 nitrogen and oxygen atoms in total. The zero-order chi connectivity index (χ0) is 10.4. The minimum Gasteiger partial charge on any atom is -0.350 e. The van der Waals surface area contributed by atoms with Crippen LogP contribution in [0.4, 0.5) is 0 Å². The molecule has 1 aromatic heterocycles. The smallest absolute Gasteiger partial charge is 0.221 e. The van der Waals surface area contributed by atoms with Gasteiger partial charge in [0.2, 0.25) is 5.91 Å². The molecule has 1 heterocycles. The summed E-state index contributed by atoms with van der Waals surface area (Å²) in [6.07, 6.45) is 2.02. The predicted octanol–water partition coefficient (Wildman–Crippen LogP) is -0.250. The van der Waals surface area contributed by atoms with Crippen LogP contribution < -0.4 is 11.1 Å². The fraction of sp³-hybridized carbons (Fsp3) is 0.444. The van der Waals surface area contributed by atoms with Gasteiger partial charge in [-0.25, -0.2) is 9.97 Å². The number of hydrogen-bond donors (Lipinski definition) is 2. The summed E-state index contributed by atoms with van der Waals surface area (Å²) in [5.41, 5.74) is 6.04. The largest absolute Gasteiger partial charge is 0.350 e. The molecular weight excluding hydrogens is 180 g/mol. The average molecular weight is 194 g/mol. The van der Waals surface area contributed by atoms with Crippen LogP contribution in [0, 0.1) is 6.92 Å². The number of aryl methyl sites for hydroxylation is 1. The van der Waals surface area contributed by atoms with Gasteiger partial charge in [-0.1, -0.05) is 0 Å². The molecule has 0 fully saturated rings. The first-order valence-electron chi connectivity index (χ1n) is 4.47. The van der Waals surface area contributed by atoms with Crippen LogP contribution in [0.15, 0.2) is 12.3 Å². The lowest BCUT2D eigenvalue weighted by atomic mass is 10.3. The van der Waals surface area contributed by atoms with Gasteiger partial charge in [-0.05, 0) is 13.0 Å². The molecule has 0 spiro atoms. The Hall–Kier alpha value is -1.49. The summed E-state index contributed by atoms with van der Waals surface area (Å²) in [6.45, 7) is 2.61. The lowest BCUT2D eigenvalue weighted by Gasteiger charge is -2.03. The molecule has 5 heteroatoms. The standard InChI is InChI=1S/C9H14N4O/c1-7-11-5-3-8(13-7)6-12-9(14)2-4-10/h3,5H,2,4,6,10H2,1H3,(H,12,14). The van der Waals surface area contributed by atoms with Crippen molar-refractivity contribution in [2.45, 2.75) is 19.9 Å². The van der Waals surface area contributed by atoms with Crippen molar-refractivity contribution >= 4 is 5.91 Å². The van der Waals surface area contributed by atoms with Crippen molar-refractivity contribution in [2.24, 2.45) is 5.73 Å². The number of nitrogens with one attached hydrogen (secondary N) is 1. The van der Waals surface area contributed by atoms with Gasteiger partial charge in [-0.2, -0.15) is 0 Å². The molecule has 1 amide bonds. The SMILES string of the molecule is Cc1nccc(CNC(=O)CCN)n1. The lowest BCUT2D eigenvalue weighted by molar-refractivity contribution is -0.121. The van der Waals surface area contributed by atoms with Gasteiger partial charge in [0, 0.05) is 19.2 Å². The highest BCUT2D eigenvalue weighted by molar-refractivity contribution is 5.75. The molecule has 0 aliphatic carbocycles. The van der Waals surface area contributed by atoms with Gasteiger partial charge in [0.15, 0.2) is 0 Å². The summed E-state index contributed by atoms with van der Waals surface area (Å²) in [7, 11) is 0. The molecule has 0 saturated carbocycles. The number of aromatic nitrogens is 2. The number of carbonyl (C=O) groups excluding carboxylic acids is 1. The predicted molar refractivity (Wildman–Crippen MR) is 52.3 cm³/mol. The van der Waals surface area contributed by atoms with E-state index in [-0.39, 0.29) is 5.91 Å². The van der Waals surface area contributed by atoms with Crippen LogP contribution in [0.2, 0.25) is 0 Å². The van der Waals surface area contributed by atoms with Crippen molar-refractivity contribution in [3.05, 3.63) is 23.8 Å². The fourth-order valence-electron chi connectivity index (χ4n) is 1.01. The molecule has 0 aliphatic heterocycles. The summed E-state index contributed by atoms with van der Waals surface area (Å²) in [6, 6.07) is 1.77. The van der Waals surface area contributed by atoms with Gasteiger partial charge in [0.1, 0.15) is 5.82 Å². The Labute approximate surface area is 82.7 Å². The second-order valence-corrected chi connectivity index (χ2v) is 2.91. The molecule has 14 heavy (non-hydrogen) atoms. The van der Waals surface area contributed by atoms with Crippen LogP contribution in [-0.4, -0.2) is 22.4 Å². The zero-order valence-corrected chi connectivity index (χ0v) is 8.16. The minimum atomic E-state index is -0.0521. The Balaban J connectivity index is 2.41. The maximum Gasteiger partial charge on any atom is 0.221 e. The fourth-order valence-corrected chi connectivity index (χ4v) is 1.01. The molecule has 3 N–H and O–H groups in total. The van der Waals surface area contributed by atoms with Crippen LogP contribution in [-0.2, 0) is 11.3 Å². The van der Waals surface area contributed by atoms with Crippen molar-refractivity contribution in [3.63, 3.8) is 0 Å². The molecule has 0 aliphatic rings. The van der Waals surface area contributed by atoms with E-state index in [1.807, 2.05) is 6.92 Å². The van der Waals surface area contributed by atoms with Crippen LogP contribution >= 0.6 is 0 Å². The maximum absolute atomic E-state index is 11.1. The van der Waals surface area contributed by atoms with Crippen LogP contribution in [0.3, 0.4) is 0 Å². The molecule has 0 saturated heterocycles. The minimum absolute atomic E-state index is 0.0521. The number of amides is 1. The molecule has 0 radical (unpaired) electrons. The second kappa shape index (κ2) is 5.29. The number of carbonyl (C=O) groups is 1. The van der Waals surface area contributed by atoms with Gasteiger partial charge in [-0.3, -0.25) is 4.79 Å². The van der Waals surface area contributed by atoms with E-state index in [0.717, 1.165) is 5.69 Å². The van der Waals surface area contributed by atoms with Crippen LogP contribution in [0.25, 0.3) is 0 Å². The van der Waals surface area contributed by atoms with E-state index in [0.29, 0.717) is 25.3 Å². The molecular formula is C9H14N4O. The van der Waals surface area contributed by atoms with E-state index in [1.165, 1.54) is 0 Å². The normalized spacial score (nSPS) is 9.86. The van der Waals surface area contributed by atoms with E-state index in [9.17, 15) is 4.79 Å². The van der Waals surface area contributed by atoms with Crippen molar-refractivity contribution in [2.75, 3.05) is 6.54 Å². The first-order chi connectivity index (χ1) is 6.72.